The zero-order chi connectivity index (χ0) is 18.2. The topological polar surface area (TPSA) is 84.0 Å². The van der Waals surface area contributed by atoms with Gasteiger partial charge in [-0.3, -0.25) is 9.59 Å². The summed E-state index contributed by atoms with van der Waals surface area (Å²) >= 11 is 2.82. The van der Waals surface area contributed by atoms with E-state index in [9.17, 15) is 9.59 Å². The Morgan fingerprint density at radius 2 is 1.92 bits per heavy atom. The average molecular weight is 379 g/mol. The number of carbonyl (C=O) groups is 2. The predicted octanol–water partition coefficient (Wildman–Crippen LogP) is 3.93. The molecule has 0 unspecified atom stereocenters. The van der Waals surface area contributed by atoms with E-state index >= 15 is 0 Å². The lowest BCUT2D eigenvalue weighted by Crippen LogP contribution is -2.14. The summed E-state index contributed by atoms with van der Waals surface area (Å²) in [5.74, 6) is 0.619. The molecule has 1 amide bonds. The SMILES string of the molecule is CCNc1nnc(SCC(=O)c2ccc(NC(=O)CC(C)C)cc2)s1. The zero-order valence-corrected chi connectivity index (χ0v) is 16.2. The van der Waals surface area contributed by atoms with Crippen LogP contribution in [-0.2, 0) is 4.79 Å². The van der Waals surface area contributed by atoms with Gasteiger partial charge in [-0.05, 0) is 37.1 Å². The Morgan fingerprint density at radius 1 is 1.20 bits per heavy atom. The van der Waals surface area contributed by atoms with Crippen molar-refractivity contribution in [3.63, 3.8) is 0 Å². The van der Waals surface area contributed by atoms with E-state index in [0.29, 0.717) is 29.3 Å². The van der Waals surface area contributed by atoms with Crippen molar-refractivity contribution in [2.24, 2.45) is 5.92 Å². The monoisotopic (exact) mass is 378 g/mol. The molecule has 8 heteroatoms. The van der Waals surface area contributed by atoms with E-state index < -0.39 is 0 Å². The van der Waals surface area contributed by atoms with Gasteiger partial charge in [-0.1, -0.05) is 36.9 Å². The number of rotatable bonds is 9. The van der Waals surface area contributed by atoms with Crippen molar-refractivity contribution in [1.82, 2.24) is 10.2 Å². The minimum Gasteiger partial charge on any atom is -0.360 e. The Kier molecular flexibility index (Phi) is 7.39. The fourth-order valence-corrected chi connectivity index (χ4v) is 3.74. The summed E-state index contributed by atoms with van der Waals surface area (Å²) in [5, 5.41) is 14.7. The molecule has 1 heterocycles. The van der Waals surface area contributed by atoms with Crippen LogP contribution in [0, 0.1) is 5.92 Å². The molecule has 2 N–H and O–H groups in total. The first-order chi connectivity index (χ1) is 12.0. The number of hydrogen-bond donors (Lipinski definition) is 2. The number of nitrogens with zero attached hydrogens (tertiary/aromatic N) is 2. The van der Waals surface area contributed by atoms with E-state index in [1.165, 1.54) is 23.1 Å². The second-order valence-electron chi connectivity index (χ2n) is 5.84. The van der Waals surface area contributed by atoms with Gasteiger partial charge in [0.1, 0.15) is 0 Å². The van der Waals surface area contributed by atoms with E-state index in [1.807, 2.05) is 20.8 Å². The molecule has 0 aliphatic heterocycles. The molecule has 0 fully saturated rings. The summed E-state index contributed by atoms with van der Waals surface area (Å²) < 4.78 is 0.766. The van der Waals surface area contributed by atoms with Gasteiger partial charge in [0, 0.05) is 24.2 Å². The largest absolute Gasteiger partial charge is 0.360 e. The number of anilines is 2. The molecule has 0 aliphatic carbocycles. The molecule has 2 aromatic rings. The first-order valence-electron chi connectivity index (χ1n) is 8.11. The van der Waals surface area contributed by atoms with Crippen molar-refractivity contribution >= 4 is 45.6 Å². The van der Waals surface area contributed by atoms with Crippen LogP contribution in [0.3, 0.4) is 0 Å². The molecule has 0 aliphatic rings. The minimum atomic E-state index is -0.0163. The van der Waals surface area contributed by atoms with Crippen LogP contribution in [0.2, 0.25) is 0 Å². The van der Waals surface area contributed by atoms with Gasteiger partial charge in [-0.2, -0.15) is 0 Å². The second kappa shape index (κ2) is 9.53. The van der Waals surface area contributed by atoms with Crippen LogP contribution in [0.15, 0.2) is 28.6 Å². The molecule has 0 radical (unpaired) electrons. The third kappa shape index (κ3) is 6.47. The maximum Gasteiger partial charge on any atom is 0.224 e. The van der Waals surface area contributed by atoms with Gasteiger partial charge in [-0.15, -0.1) is 10.2 Å². The Morgan fingerprint density at radius 3 is 2.56 bits per heavy atom. The number of hydrogen-bond acceptors (Lipinski definition) is 7. The van der Waals surface area contributed by atoms with Gasteiger partial charge in [0.05, 0.1) is 5.75 Å². The van der Waals surface area contributed by atoms with Crippen molar-refractivity contribution in [2.75, 3.05) is 22.9 Å². The average Bonchev–Trinajstić information content (AvgIpc) is 3.00. The van der Waals surface area contributed by atoms with Crippen LogP contribution in [0.1, 0.15) is 37.6 Å². The minimum absolute atomic E-state index is 0.0163. The van der Waals surface area contributed by atoms with Crippen molar-refractivity contribution in [3.05, 3.63) is 29.8 Å². The molecular formula is C17H22N4O2S2. The van der Waals surface area contributed by atoms with Crippen LogP contribution >= 0.6 is 23.1 Å². The third-order valence-corrected chi connectivity index (χ3v) is 5.16. The highest BCUT2D eigenvalue weighted by atomic mass is 32.2. The van der Waals surface area contributed by atoms with Crippen molar-refractivity contribution in [1.29, 1.82) is 0 Å². The Bertz CT molecular complexity index is 714. The number of amides is 1. The molecule has 0 atom stereocenters. The number of nitrogens with one attached hydrogen (secondary N) is 2. The molecule has 2 rings (SSSR count). The summed E-state index contributed by atoms with van der Waals surface area (Å²) in [4.78, 5) is 24.0. The van der Waals surface area contributed by atoms with E-state index in [2.05, 4.69) is 20.8 Å². The highest BCUT2D eigenvalue weighted by molar-refractivity contribution is 8.01. The number of benzene rings is 1. The van der Waals surface area contributed by atoms with Gasteiger partial charge in [0.25, 0.3) is 0 Å². The maximum atomic E-state index is 12.3. The predicted molar refractivity (Wildman–Crippen MR) is 104 cm³/mol. The molecule has 1 aromatic heterocycles. The molecule has 134 valence electrons. The quantitative estimate of drug-likeness (QED) is 0.508. The fraction of sp³-hybridized carbons (Fsp3) is 0.412. The molecule has 0 bridgehead atoms. The first-order valence-corrected chi connectivity index (χ1v) is 9.91. The molecule has 25 heavy (non-hydrogen) atoms. The number of thioether (sulfide) groups is 1. The second-order valence-corrected chi connectivity index (χ2v) is 8.04. The van der Waals surface area contributed by atoms with Gasteiger partial charge < -0.3 is 10.6 Å². The van der Waals surface area contributed by atoms with Crippen molar-refractivity contribution in [3.8, 4) is 0 Å². The summed E-state index contributed by atoms with van der Waals surface area (Å²) in [7, 11) is 0. The standard InChI is InChI=1S/C17H22N4O2S2/c1-4-18-16-20-21-17(25-16)24-10-14(22)12-5-7-13(8-6-12)19-15(23)9-11(2)3/h5-8,11H,4,9-10H2,1-3H3,(H,18,20)(H,19,23). The Labute approximate surface area is 155 Å². The van der Waals surface area contributed by atoms with Gasteiger partial charge in [-0.25, -0.2) is 0 Å². The van der Waals surface area contributed by atoms with Crippen molar-refractivity contribution in [2.45, 2.75) is 31.5 Å². The molecular weight excluding hydrogens is 356 g/mol. The molecule has 0 saturated carbocycles. The van der Waals surface area contributed by atoms with Gasteiger partial charge in [0.2, 0.25) is 11.0 Å². The van der Waals surface area contributed by atoms with Crippen LogP contribution in [0.25, 0.3) is 0 Å². The highest BCUT2D eigenvalue weighted by Gasteiger charge is 2.11. The number of Topliss-reactive ketones (excluding diaryl/α,β-unsaturated/α-hetero) is 1. The summed E-state index contributed by atoms with van der Waals surface area (Å²) in [5.41, 5.74) is 1.32. The van der Waals surface area contributed by atoms with Crippen LogP contribution in [-0.4, -0.2) is 34.2 Å². The van der Waals surface area contributed by atoms with Crippen LogP contribution in [0.4, 0.5) is 10.8 Å². The summed E-state index contributed by atoms with van der Waals surface area (Å²) in [6.45, 7) is 6.78. The van der Waals surface area contributed by atoms with E-state index in [-0.39, 0.29) is 11.7 Å². The first kappa shape index (κ1) is 19.4. The molecule has 1 aromatic carbocycles. The van der Waals surface area contributed by atoms with Crippen LogP contribution in [0.5, 0.6) is 0 Å². The number of aromatic nitrogens is 2. The zero-order valence-electron chi connectivity index (χ0n) is 14.5. The Hall–Kier alpha value is -1.93. The molecule has 6 nitrogen and oxygen atoms in total. The normalized spacial score (nSPS) is 10.7. The lowest BCUT2D eigenvalue weighted by atomic mass is 10.1. The number of ketones is 1. The lowest BCUT2D eigenvalue weighted by Gasteiger charge is -2.07. The summed E-state index contributed by atoms with van der Waals surface area (Å²) in [6.07, 6.45) is 0.480. The lowest BCUT2D eigenvalue weighted by molar-refractivity contribution is -0.116. The molecule has 0 spiro atoms. The van der Waals surface area contributed by atoms with Gasteiger partial charge >= 0.3 is 0 Å². The van der Waals surface area contributed by atoms with Crippen molar-refractivity contribution < 1.29 is 9.59 Å². The highest BCUT2D eigenvalue weighted by Crippen LogP contribution is 2.26. The molecule has 0 saturated heterocycles. The number of carbonyl (C=O) groups excluding carboxylic acids is 2. The third-order valence-electron chi connectivity index (χ3n) is 3.15. The van der Waals surface area contributed by atoms with E-state index in [4.69, 9.17) is 0 Å². The van der Waals surface area contributed by atoms with E-state index in [1.54, 1.807) is 24.3 Å². The fourth-order valence-electron chi connectivity index (χ4n) is 2.02. The van der Waals surface area contributed by atoms with Gasteiger partial charge in [0.15, 0.2) is 10.1 Å². The van der Waals surface area contributed by atoms with E-state index in [0.717, 1.165) is 16.0 Å². The van der Waals surface area contributed by atoms with Crippen LogP contribution < -0.4 is 10.6 Å². The smallest absolute Gasteiger partial charge is 0.224 e. The maximum absolute atomic E-state index is 12.3. The summed E-state index contributed by atoms with van der Waals surface area (Å²) in [6, 6.07) is 6.98. The Balaban J connectivity index is 1.86.